The van der Waals surface area contributed by atoms with Gasteiger partial charge in [0.15, 0.2) is 0 Å². The van der Waals surface area contributed by atoms with E-state index in [0.29, 0.717) is 0 Å². The summed E-state index contributed by atoms with van der Waals surface area (Å²) < 4.78 is 0. The van der Waals surface area contributed by atoms with Crippen molar-refractivity contribution in [3.8, 4) is 0 Å². The second-order valence-corrected chi connectivity index (χ2v) is 9.10. The van der Waals surface area contributed by atoms with E-state index in [1.807, 2.05) is 6.92 Å². The second kappa shape index (κ2) is 11.1. The molecule has 68 valence electrons. The molecule has 0 fully saturated rings. The molecule has 0 spiro atoms. The first-order valence-electron chi connectivity index (χ1n) is 4.85. The third kappa shape index (κ3) is 22.5. The zero-order valence-electron chi connectivity index (χ0n) is 9.41. The molecule has 12 heavy (non-hydrogen) atoms. The molecule has 0 aliphatic rings. The Balaban J connectivity index is 0. The summed E-state index contributed by atoms with van der Waals surface area (Å²) in [6.07, 6.45) is 2.06. The van der Waals surface area contributed by atoms with E-state index in [2.05, 4.69) is 40.3 Å². The Labute approximate surface area is 85.7 Å². The Bertz CT molecular complexity index is 128. The van der Waals surface area contributed by atoms with Crippen LogP contribution in [0.3, 0.4) is 0 Å². The van der Waals surface area contributed by atoms with Gasteiger partial charge in [0.2, 0.25) is 0 Å². The van der Waals surface area contributed by atoms with Crippen molar-refractivity contribution in [3.05, 3.63) is 23.8 Å². The molecule has 1 heteroatoms. The maximum atomic E-state index is 3.72. The van der Waals surface area contributed by atoms with Gasteiger partial charge in [-0.1, -0.05) is 23.8 Å². The van der Waals surface area contributed by atoms with Crippen LogP contribution in [-0.2, 0) is 17.1 Å². The third-order valence-corrected chi connectivity index (χ3v) is 4.21. The molecule has 0 radical (unpaired) electrons. The molecule has 0 aromatic rings. The van der Waals surface area contributed by atoms with Crippen molar-refractivity contribution >= 4 is 0 Å². The molecule has 0 amide bonds. The molecule has 0 atom stereocenters. The topological polar surface area (TPSA) is 0 Å². The van der Waals surface area contributed by atoms with Gasteiger partial charge in [0.1, 0.15) is 0 Å². The van der Waals surface area contributed by atoms with Gasteiger partial charge in [0.25, 0.3) is 0 Å². The Kier molecular flexibility index (Phi) is 13.5. The van der Waals surface area contributed by atoms with Gasteiger partial charge in [-0.25, -0.2) is 0 Å². The summed E-state index contributed by atoms with van der Waals surface area (Å²) in [7, 11) is 0. The molecule has 0 rings (SSSR count). The fraction of sp³-hybridized carbons (Fsp3) is 0.636. The summed E-state index contributed by atoms with van der Waals surface area (Å²) in [5.74, 6) is 0. The van der Waals surface area contributed by atoms with Crippen LogP contribution in [0.4, 0.5) is 0 Å². The molecule has 0 aromatic carbocycles. The summed E-state index contributed by atoms with van der Waals surface area (Å²) >= 11 is 0.0972. The SMILES string of the molecule is C=C(C)C=C(C)C.C[CH2][Zn][CH2]C. The fourth-order valence-electron chi connectivity index (χ4n) is 0.846. The van der Waals surface area contributed by atoms with Crippen molar-refractivity contribution in [2.45, 2.75) is 44.6 Å². The van der Waals surface area contributed by atoms with Gasteiger partial charge in [-0.2, -0.15) is 0 Å². The molecular weight excluding hydrogens is 198 g/mol. The molecule has 0 saturated heterocycles. The standard InChI is InChI=1S/C7H12.2C2H5.Zn/c1-6(2)5-7(3)4;2*1-2;/h5H,1H2,2-4H3;2*1H2,2H3;. The molecule has 0 aliphatic carbocycles. The number of rotatable bonds is 3. The van der Waals surface area contributed by atoms with E-state index in [0.717, 1.165) is 5.57 Å². The molecule has 0 bridgehead atoms. The van der Waals surface area contributed by atoms with Crippen LogP contribution in [-0.4, -0.2) is 0 Å². The van der Waals surface area contributed by atoms with Crippen LogP contribution in [0, 0.1) is 0 Å². The summed E-state index contributed by atoms with van der Waals surface area (Å²) in [5.41, 5.74) is 2.44. The van der Waals surface area contributed by atoms with Gasteiger partial charge < -0.3 is 0 Å². The molecule has 0 saturated carbocycles. The van der Waals surface area contributed by atoms with Gasteiger partial charge in [-0.05, 0) is 20.8 Å². The summed E-state index contributed by atoms with van der Waals surface area (Å²) in [5, 5.41) is 3.06. The van der Waals surface area contributed by atoms with Crippen molar-refractivity contribution in [2.24, 2.45) is 0 Å². The zero-order chi connectivity index (χ0) is 9.98. The Hall–Kier alpha value is 0.103. The predicted octanol–water partition coefficient (Wildman–Crippen LogP) is 4.47. The van der Waals surface area contributed by atoms with Crippen LogP contribution in [0.2, 0.25) is 10.0 Å². The van der Waals surface area contributed by atoms with E-state index < -0.39 is 0 Å². The number of hydrogen-bond acceptors (Lipinski definition) is 0. The summed E-state index contributed by atoms with van der Waals surface area (Å²) in [4.78, 5) is 0. The maximum absolute atomic E-state index is 3.72. The van der Waals surface area contributed by atoms with E-state index in [9.17, 15) is 0 Å². The van der Waals surface area contributed by atoms with E-state index in [4.69, 9.17) is 0 Å². The van der Waals surface area contributed by atoms with Gasteiger partial charge >= 0.3 is 41.0 Å². The monoisotopic (exact) mass is 218 g/mol. The van der Waals surface area contributed by atoms with Crippen molar-refractivity contribution in [1.82, 2.24) is 0 Å². The van der Waals surface area contributed by atoms with E-state index in [1.54, 1.807) is 0 Å². The Morgan fingerprint density at radius 2 is 1.58 bits per heavy atom. The summed E-state index contributed by atoms with van der Waals surface area (Å²) in [6.45, 7) is 14.4. The van der Waals surface area contributed by atoms with Gasteiger partial charge in [0, 0.05) is 0 Å². The van der Waals surface area contributed by atoms with E-state index >= 15 is 0 Å². The molecule has 0 unspecified atom stereocenters. The number of hydrogen-bond donors (Lipinski definition) is 0. The first-order valence-corrected chi connectivity index (χ1v) is 9.04. The normalized spacial score (nSPS) is 7.42. The average molecular weight is 220 g/mol. The quantitative estimate of drug-likeness (QED) is 0.485. The van der Waals surface area contributed by atoms with Gasteiger partial charge in [-0.3, -0.25) is 0 Å². The fourth-order valence-corrected chi connectivity index (χ4v) is 2.33. The van der Waals surface area contributed by atoms with Crippen LogP contribution in [0.15, 0.2) is 23.8 Å². The van der Waals surface area contributed by atoms with Crippen LogP contribution >= 0.6 is 0 Å². The van der Waals surface area contributed by atoms with Crippen molar-refractivity contribution in [1.29, 1.82) is 0 Å². The van der Waals surface area contributed by atoms with Crippen LogP contribution in [0.5, 0.6) is 0 Å². The summed E-state index contributed by atoms with van der Waals surface area (Å²) in [6, 6.07) is 0. The van der Waals surface area contributed by atoms with Gasteiger partial charge in [-0.15, -0.1) is 0 Å². The first kappa shape index (κ1) is 14.6. The molecule has 0 aromatic heterocycles. The average Bonchev–Trinajstić information content (AvgIpc) is 1.87. The van der Waals surface area contributed by atoms with E-state index in [1.165, 1.54) is 15.6 Å². The van der Waals surface area contributed by atoms with E-state index in [-0.39, 0.29) is 17.1 Å². The Morgan fingerprint density at radius 1 is 1.17 bits per heavy atom. The van der Waals surface area contributed by atoms with Crippen molar-refractivity contribution < 1.29 is 17.1 Å². The second-order valence-electron chi connectivity index (χ2n) is 3.42. The molecule has 0 N–H and O–H groups in total. The van der Waals surface area contributed by atoms with Crippen molar-refractivity contribution in [3.63, 3.8) is 0 Å². The molecule has 0 aliphatic heterocycles. The van der Waals surface area contributed by atoms with Crippen LogP contribution < -0.4 is 0 Å². The van der Waals surface area contributed by atoms with Gasteiger partial charge in [0.05, 0.1) is 0 Å². The predicted molar refractivity (Wildman–Crippen MR) is 55.2 cm³/mol. The zero-order valence-corrected chi connectivity index (χ0v) is 12.4. The van der Waals surface area contributed by atoms with Crippen LogP contribution in [0.25, 0.3) is 0 Å². The Morgan fingerprint density at radius 3 is 1.58 bits per heavy atom. The molecular formula is C11H22Zn. The first-order chi connectivity index (χ1) is 5.54. The minimum atomic E-state index is 0.0972. The molecule has 0 nitrogen and oxygen atoms in total. The van der Waals surface area contributed by atoms with Crippen LogP contribution in [0.1, 0.15) is 34.6 Å². The third-order valence-electron chi connectivity index (χ3n) is 1.24. The number of allylic oxidation sites excluding steroid dienone is 3. The molecule has 0 heterocycles. The minimum absolute atomic E-state index is 0.0972. The van der Waals surface area contributed by atoms with Crippen molar-refractivity contribution in [2.75, 3.05) is 0 Å².